The summed E-state index contributed by atoms with van der Waals surface area (Å²) in [7, 11) is 1.85. The van der Waals surface area contributed by atoms with Crippen LogP contribution in [-0.4, -0.2) is 31.6 Å². The highest BCUT2D eigenvalue weighted by molar-refractivity contribution is 7.99. The molecule has 124 valence electrons. The summed E-state index contributed by atoms with van der Waals surface area (Å²) in [4.78, 5) is 11.9. The first-order valence-electron chi connectivity index (χ1n) is 7.04. The quantitative estimate of drug-likeness (QED) is 0.701. The van der Waals surface area contributed by atoms with Gasteiger partial charge in [-0.05, 0) is 31.2 Å². The maximum absolute atomic E-state index is 11.9. The highest BCUT2D eigenvalue weighted by atomic mass is 35.5. The van der Waals surface area contributed by atoms with Crippen molar-refractivity contribution >= 4 is 35.1 Å². The second-order valence-electron chi connectivity index (χ2n) is 5.03. The topological polar surface area (TPSA) is 85.8 Å². The Balaban J connectivity index is 1.63. The molecule has 0 radical (unpaired) electrons. The first-order chi connectivity index (χ1) is 11.5. The molecule has 9 heteroatoms. The summed E-state index contributed by atoms with van der Waals surface area (Å²) in [6, 6.07) is 9.00. The molecule has 0 fully saturated rings. The van der Waals surface area contributed by atoms with Crippen molar-refractivity contribution in [1.82, 2.24) is 19.9 Å². The normalized spacial score (nSPS) is 10.8. The number of hydrogen-bond donors (Lipinski definition) is 1. The van der Waals surface area contributed by atoms with E-state index in [4.69, 9.17) is 16.1 Å². The van der Waals surface area contributed by atoms with E-state index in [1.165, 1.54) is 11.8 Å². The first kappa shape index (κ1) is 16.5. The van der Waals surface area contributed by atoms with Gasteiger partial charge in [0, 0.05) is 23.7 Å². The van der Waals surface area contributed by atoms with Gasteiger partial charge in [-0.25, -0.2) is 0 Å². The molecule has 24 heavy (non-hydrogen) atoms. The van der Waals surface area contributed by atoms with Gasteiger partial charge in [-0.1, -0.05) is 28.5 Å². The lowest BCUT2D eigenvalue weighted by Gasteiger charge is -2.04. The third-order valence-corrected chi connectivity index (χ3v) is 4.44. The lowest BCUT2D eigenvalue weighted by Crippen LogP contribution is -2.14. The van der Waals surface area contributed by atoms with Crippen LogP contribution < -0.4 is 5.32 Å². The van der Waals surface area contributed by atoms with Crippen molar-refractivity contribution in [3.63, 3.8) is 0 Å². The lowest BCUT2D eigenvalue weighted by molar-refractivity contribution is -0.113. The number of benzene rings is 1. The van der Waals surface area contributed by atoms with E-state index in [0.29, 0.717) is 27.6 Å². The molecule has 0 aliphatic heterocycles. The Bertz CT molecular complexity index is 859. The highest BCUT2D eigenvalue weighted by Crippen LogP contribution is 2.24. The largest absolute Gasteiger partial charge is 0.360 e. The smallest absolute Gasteiger partial charge is 0.236 e. The molecule has 0 spiro atoms. The Morgan fingerprint density at radius 3 is 2.75 bits per heavy atom. The third kappa shape index (κ3) is 3.77. The van der Waals surface area contributed by atoms with Crippen molar-refractivity contribution in [2.24, 2.45) is 7.05 Å². The molecule has 0 saturated carbocycles. The Morgan fingerprint density at radius 2 is 2.08 bits per heavy atom. The SMILES string of the molecule is Cc1cc(NC(=O)CSc2nnc(-c3ccc(Cl)cc3)n2C)no1. The Labute approximate surface area is 147 Å². The number of carbonyl (C=O) groups is 1. The fraction of sp³-hybridized carbons (Fsp3) is 0.200. The number of rotatable bonds is 5. The van der Waals surface area contributed by atoms with Crippen molar-refractivity contribution in [1.29, 1.82) is 0 Å². The average molecular weight is 364 g/mol. The fourth-order valence-electron chi connectivity index (χ4n) is 2.03. The number of thioether (sulfide) groups is 1. The highest BCUT2D eigenvalue weighted by Gasteiger charge is 2.13. The minimum atomic E-state index is -0.190. The zero-order valence-corrected chi connectivity index (χ0v) is 14.6. The molecule has 2 heterocycles. The van der Waals surface area contributed by atoms with Crippen LogP contribution in [0.5, 0.6) is 0 Å². The van der Waals surface area contributed by atoms with Crippen LogP contribution in [0.15, 0.2) is 40.0 Å². The monoisotopic (exact) mass is 363 g/mol. The van der Waals surface area contributed by atoms with Gasteiger partial charge in [-0.3, -0.25) is 4.79 Å². The van der Waals surface area contributed by atoms with Gasteiger partial charge in [0.1, 0.15) is 5.76 Å². The number of carbonyl (C=O) groups excluding carboxylic acids is 1. The number of halogens is 1. The van der Waals surface area contributed by atoms with Crippen molar-refractivity contribution in [2.45, 2.75) is 12.1 Å². The van der Waals surface area contributed by atoms with Crippen molar-refractivity contribution in [2.75, 3.05) is 11.1 Å². The number of anilines is 1. The van der Waals surface area contributed by atoms with Crippen LogP contribution in [0.4, 0.5) is 5.82 Å². The van der Waals surface area contributed by atoms with E-state index in [1.807, 2.05) is 23.7 Å². The first-order valence-corrected chi connectivity index (χ1v) is 8.40. The molecule has 0 aliphatic rings. The molecule has 2 aromatic heterocycles. The maximum atomic E-state index is 11.9. The van der Waals surface area contributed by atoms with E-state index in [1.54, 1.807) is 25.1 Å². The van der Waals surface area contributed by atoms with Crippen LogP contribution in [0.3, 0.4) is 0 Å². The van der Waals surface area contributed by atoms with Crippen LogP contribution in [0.25, 0.3) is 11.4 Å². The number of nitrogens with one attached hydrogen (secondary N) is 1. The van der Waals surface area contributed by atoms with Crippen LogP contribution in [0, 0.1) is 6.92 Å². The van der Waals surface area contributed by atoms with Crippen LogP contribution in [0.2, 0.25) is 5.02 Å². The Hall–Kier alpha value is -2.32. The van der Waals surface area contributed by atoms with Gasteiger partial charge in [-0.2, -0.15) is 0 Å². The van der Waals surface area contributed by atoms with Crippen molar-refractivity contribution in [3.8, 4) is 11.4 Å². The summed E-state index contributed by atoms with van der Waals surface area (Å²) in [5.41, 5.74) is 0.906. The van der Waals surface area contributed by atoms with E-state index in [0.717, 1.165) is 5.56 Å². The molecule has 0 atom stereocenters. The van der Waals surface area contributed by atoms with Crippen LogP contribution in [0.1, 0.15) is 5.76 Å². The molecule has 1 amide bonds. The van der Waals surface area contributed by atoms with Crippen LogP contribution in [-0.2, 0) is 11.8 Å². The number of amides is 1. The predicted molar refractivity (Wildman–Crippen MR) is 92.0 cm³/mol. The van der Waals surface area contributed by atoms with Gasteiger partial charge < -0.3 is 14.4 Å². The summed E-state index contributed by atoms with van der Waals surface area (Å²) in [5, 5.41) is 16.0. The van der Waals surface area contributed by atoms with Crippen molar-refractivity contribution in [3.05, 3.63) is 41.1 Å². The molecular weight excluding hydrogens is 350 g/mol. The summed E-state index contributed by atoms with van der Waals surface area (Å²) >= 11 is 7.19. The second kappa shape index (κ2) is 7.06. The van der Waals surface area contributed by atoms with E-state index in [2.05, 4.69) is 20.7 Å². The van der Waals surface area contributed by atoms with E-state index in [-0.39, 0.29) is 11.7 Å². The maximum Gasteiger partial charge on any atom is 0.236 e. The van der Waals surface area contributed by atoms with Crippen LogP contribution >= 0.6 is 23.4 Å². The standard InChI is InChI=1S/C15H14ClN5O2S/c1-9-7-12(20-23-9)17-13(22)8-24-15-19-18-14(21(15)2)10-3-5-11(16)6-4-10/h3-7H,8H2,1-2H3,(H,17,20,22). The summed E-state index contributed by atoms with van der Waals surface area (Å²) in [6.07, 6.45) is 0. The van der Waals surface area contributed by atoms with E-state index in [9.17, 15) is 4.79 Å². The molecule has 0 bridgehead atoms. The number of hydrogen-bond acceptors (Lipinski definition) is 6. The van der Waals surface area contributed by atoms with E-state index >= 15 is 0 Å². The van der Waals surface area contributed by atoms with Gasteiger partial charge in [0.05, 0.1) is 5.75 Å². The van der Waals surface area contributed by atoms with Gasteiger partial charge >= 0.3 is 0 Å². The molecular formula is C15H14ClN5O2S. The number of nitrogens with zero attached hydrogens (tertiary/aromatic N) is 4. The zero-order chi connectivity index (χ0) is 17.1. The fourth-order valence-corrected chi connectivity index (χ4v) is 2.86. The average Bonchev–Trinajstić information content (AvgIpc) is 3.12. The summed E-state index contributed by atoms with van der Waals surface area (Å²) < 4.78 is 6.74. The summed E-state index contributed by atoms with van der Waals surface area (Å²) in [6.45, 7) is 1.76. The Kier molecular flexibility index (Phi) is 4.86. The lowest BCUT2D eigenvalue weighted by atomic mass is 10.2. The zero-order valence-electron chi connectivity index (χ0n) is 13.0. The minimum Gasteiger partial charge on any atom is -0.360 e. The molecule has 7 nitrogen and oxygen atoms in total. The van der Waals surface area contributed by atoms with Gasteiger partial charge in [-0.15, -0.1) is 10.2 Å². The number of aromatic nitrogens is 4. The molecule has 0 unspecified atom stereocenters. The molecule has 3 aromatic rings. The molecule has 1 aromatic carbocycles. The van der Waals surface area contributed by atoms with E-state index < -0.39 is 0 Å². The Morgan fingerprint density at radius 1 is 1.33 bits per heavy atom. The van der Waals surface area contributed by atoms with Gasteiger partial charge in [0.2, 0.25) is 5.91 Å². The molecule has 0 saturated heterocycles. The van der Waals surface area contributed by atoms with Gasteiger partial charge in [0.15, 0.2) is 16.8 Å². The molecule has 0 aliphatic carbocycles. The third-order valence-electron chi connectivity index (χ3n) is 3.17. The molecule has 1 N–H and O–H groups in total. The van der Waals surface area contributed by atoms with Gasteiger partial charge in [0.25, 0.3) is 0 Å². The predicted octanol–water partition coefficient (Wildman–Crippen LogP) is 3.16. The second-order valence-corrected chi connectivity index (χ2v) is 6.41. The minimum absolute atomic E-state index is 0.190. The molecule has 3 rings (SSSR count). The van der Waals surface area contributed by atoms with Crippen molar-refractivity contribution < 1.29 is 9.32 Å². The number of aryl methyl sites for hydroxylation is 1. The summed E-state index contributed by atoms with van der Waals surface area (Å²) in [5.74, 6) is 1.75.